The molecule has 3 aliphatic carbocycles. The maximum atomic E-state index is 13.8. The summed E-state index contributed by atoms with van der Waals surface area (Å²) in [5, 5.41) is 0.486. The van der Waals surface area contributed by atoms with Crippen molar-refractivity contribution in [1.29, 1.82) is 0 Å². The largest absolute Gasteiger partial charge is 0.274 e. The Labute approximate surface area is 195 Å². The Balaban J connectivity index is 1.67. The Hall–Kier alpha value is -1.95. The first kappa shape index (κ1) is 18.8. The fourth-order valence-electron chi connectivity index (χ4n) is 5.54. The molecule has 1 heterocycles. The Morgan fingerprint density at radius 2 is 1.13 bits per heavy atom. The molecular formula is C24H14Br2ClNO2. The molecule has 0 radical (unpaired) electrons. The molecule has 0 N–H and O–H groups in total. The van der Waals surface area contributed by atoms with Gasteiger partial charge in [0.2, 0.25) is 11.8 Å². The van der Waals surface area contributed by atoms with E-state index in [9.17, 15) is 9.59 Å². The molecule has 0 aromatic heterocycles. The molecule has 1 saturated heterocycles. The molecule has 1 aliphatic heterocycles. The Kier molecular flexibility index (Phi) is 3.79. The number of benzene rings is 3. The lowest BCUT2D eigenvalue weighted by atomic mass is 9.54. The van der Waals surface area contributed by atoms with Crippen molar-refractivity contribution >= 4 is 61.0 Å². The molecule has 2 amide bonds. The second kappa shape index (κ2) is 6.06. The number of anilines is 1. The number of alkyl halides is 2. The van der Waals surface area contributed by atoms with Gasteiger partial charge in [-0.1, -0.05) is 98.1 Å². The first-order valence-corrected chi connectivity index (χ1v) is 11.6. The average Bonchev–Trinajstić information content (AvgIpc) is 3.03. The maximum Gasteiger partial charge on any atom is 0.239 e. The fourth-order valence-corrected chi connectivity index (χ4v) is 8.02. The van der Waals surface area contributed by atoms with Crippen LogP contribution in [0.15, 0.2) is 72.8 Å². The van der Waals surface area contributed by atoms with Gasteiger partial charge < -0.3 is 0 Å². The van der Waals surface area contributed by atoms with Crippen molar-refractivity contribution in [2.24, 2.45) is 11.8 Å². The van der Waals surface area contributed by atoms with E-state index in [0.717, 1.165) is 22.3 Å². The van der Waals surface area contributed by atoms with Gasteiger partial charge in [-0.25, -0.2) is 4.90 Å². The lowest BCUT2D eigenvalue weighted by Gasteiger charge is -2.55. The SMILES string of the molecule is O=C1[C@@H]2[C@@H](C(=O)N1c1cccc(Cl)c1)C1(Br)c3ccccc3C2(Br)c2ccccc21. The highest BCUT2D eigenvalue weighted by molar-refractivity contribution is 9.10. The molecule has 148 valence electrons. The zero-order valence-corrected chi connectivity index (χ0v) is 19.4. The standard InChI is InChI=1S/C24H14Br2ClNO2/c25-23-15-8-1-2-9-16(15)24(26,18-11-4-3-10-17(18)23)20-19(23)21(29)28(22(20)30)14-7-5-6-13(27)12-14/h1-12,19-20H/t19-,20-,23?,24?/m0/s1. The first-order chi connectivity index (χ1) is 14.4. The molecule has 7 rings (SSSR count). The average molecular weight is 544 g/mol. The summed E-state index contributed by atoms with van der Waals surface area (Å²) in [4.78, 5) is 29.0. The molecule has 2 atom stereocenters. The molecule has 1 fully saturated rings. The van der Waals surface area contributed by atoms with E-state index in [0.29, 0.717) is 10.7 Å². The van der Waals surface area contributed by atoms with Gasteiger partial charge in [-0.2, -0.15) is 0 Å². The molecule has 0 saturated carbocycles. The van der Waals surface area contributed by atoms with Crippen molar-refractivity contribution in [1.82, 2.24) is 0 Å². The molecule has 6 heteroatoms. The number of hydrogen-bond donors (Lipinski definition) is 0. The smallest absolute Gasteiger partial charge is 0.239 e. The molecular weight excluding hydrogens is 530 g/mol. The van der Waals surface area contributed by atoms with E-state index in [-0.39, 0.29) is 11.8 Å². The van der Waals surface area contributed by atoms with Gasteiger partial charge in [-0.3, -0.25) is 9.59 Å². The number of amides is 2. The van der Waals surface area contributed by atoms with Gasteiger partial charge in [-0.05, 0) is 40.5 Å². The highest BCUT2D eigenvalue weighted by atomic mass is 79.9. The van der Waals surface area contributed by atoms with Gasteiger partial charge in [0, 0.05) is 5.02 Å². The van der Waals surface area contributed by atoms with E-state index in [1.54, 1.807) is 24.3 Å². The molecule has 30 heavy (non-hydrogen) atoms. The predicted octanol–water partition coefficient (Wildman–Crippen LogP) is 5.75. The number of hydrogen-bond acceptors (Lipinski definition) is 2. The molecule has 0 unspecified atom stereocenters. The lowest BCUT2D eigenvalue weighted by molar-refractivity contribution is -0.122. The van der Waals surface area contributed by atoms with Crippen molar-refractivity contribution in [3.63, 3.8) is 0 Å². The van der Waals surface area contributed by atoms with Crippen LogP contribution in [0.25, 0.3) is 0 Å². The summed E-state index contributed by atoms with van der Waals surface area (Å²) in [5.41, 5.74) is 4.60. The lowest BCUT2D eigenvalue weighted by Crippen LogP contribution is -2.56. The highest BCUT2D eigenvalue weighted by Gasteiger charge is 2.72. The van der Waals surface area contributed by atoms with Gasteiger partial charge in [-0.15, -0.1) is 0 Å². The molecule has 3 aromatic rings. The summed E-state index contributed by atoms with van der Waals surface area (Å²) in [5.74, 6) is -1.57. The Morgan fingerprint density at radius 1 is 0.700 bits per heavy atom. The van der Waals surface area contributed by atoms with Crippen molar-refractivity contribution in [3.05, 3.63) is 100 Å². The van der Waals surface area contributed by atoms with E-state index < -0.39 is 20.5 Å². The normalized spacial score (nSPS) is 30.8. The summed E-state index contributed by atoms with van der Waals surface area (Å²) in [6, 6.07) is 23.0. The number of nitrogens with zero attached hydrogens (tertiary/aromatic N) is 1. The summed E-state index contributed by atoms with van der Waals surface area (Å²) in [7, 11) is 0. The summed E-state index contributed by atoms with van der Waals surface area (Å²) in [6.45, 7) is 0. The minimum absolute atomic E-state index is 0.211. The van der Waals surface area contributed by atoms with Crippen LogP contribution in [-0.4, -0.2) is 11.8 Å². The van der Waals surface area contributed by atoms with Crippen LogP contribution in [-0.2, 0) is 18.2 Å². The quantitative estimate of drug-likeness (QED) is 0.290. The molecule has 3 nitrogen and oxygen atoms in total. The third-order valence-corrected chi connectivity index (χ3v) is 9.58. The van der Waals surface area contributed by atoms with Crippen LogP contribution in [0, 0.1) is 11.8 Å². The van der Waals surface area contributed by atoms with Crippen LogP contribution in [0.4, 0.5) is 5.69 Å². The zero-order chi connectivity index (χ0) is 20.8. The van der Waals surface area contributed by atoms with Crippen LogP contribution < -0.4 is 4.90 Å². The number of carbonyl (C=O) groups excluding carboxylic acids is 2. The zero-order valence-electron chi connectivity index (χ0n) is 15.5. The highest BCUT2D eigenvalue weighted by Crippen LogP contribution is 2.70. The topological polar surface area (TPSA) is 37.4 Å². The van der Waals surface area contributed by atoms with E-state index >= 15 is 0 Å². The summed E-state index contributed by atoms with van der Waals surface area (Å²) < 4.78 is -1.55. The Bertz CT molecular complexity index is 1150. The number of halogens is 3. The number of imide groups is 1. The Morgan fingerprint density at radius 3 is 1.53 bits per heavy atom. The first-order valence-electron chi connectivity index (χ1n) is 9.61. The second-order valence-corrected chi connectivity index (χ2v) is 10.9. The predicted molar refractivity (Wildman–Crippen MR) is 123 cm³/mol. The molecule has 2 bridgehead atoms. The molecule has 4 aliphatic rings. The second-order valence-electron chi connectivity index (χ2n) is 7.96. The molecule has 0 spiro atoms. The minimum atomic E-state index is -0.777. The summed E-state index contributed by atoms with van der Waals surface area (Å²) >= 11 is 14.2. The monoisotopic (exact) mass is 541 g/mol. The van der Waals surface area contributed by atoms with Crippen LogP contribution in [0.1, 0.15) is 22.3 Å². The third kappa shape index (κ3) is 2.02. The molecule has 3 aromatic carbocycles. The van der Waals surface area contributed by atoms with Crippen molar-refractivity contribution < 1.29 is 9.59 Å². The van der Waals surface area contributed by atoms with Crippen LogP contribution >= 0.6 is 43.5 Å². The van der Waals surface area contributed by atoms with Crippen molar-refractivity contribution in [3.8, 4) is 0 Å². The fraction of sp³-hybridized carbons (Fsp3) is 0.167. The van der Waals surface area contributed by atoms with Gasteiger partial charge in [0.25, 0.3) is 0 Å². The van der Waals surface area contributed by atoms with Crippen molar-refractivity contribution in [2.45, 2.75) is 8.65 Å². The minimum Gasteiger partial charge on any atom is -0.274 e. The van der Waals surface area contributed by atoms with Gasteiger partial charge in [0.15, 0.2) is 0 Å². The van der Waals surface area contributed by atoms with Crippen LogP contribution in [0.3, 0.4) is 0 Å². The third-order valence-electron chi connectivity index (χ3n) is 6.65. The number of rotatable bonds is 1. The van der Waals surface area contributed by atoms with Crippen LogP contribution in [0.2, 0.25) is 5.02 Å². The van der Waals surface area contributed by atoms with Gasteiger partial charge >= 0.3 is 0 Å². The van der Waals surface area contributed by atoms with Gasteiger partial charge in [0.05, 0.1) is 26.2 Å². The number of carbonyl (C=O) groups is 2. The van der Waals surface area contributed by atoms with Gasteiger partial charge in [0.1, 0.15) is 0 Å². The van der Waals surface area contributed by atoms with E-state index in [4.69, 9.17) is 11.6 Å². The van der Waals surface area contributed by atoms with E-state index in [1.165, 1.54) is 4.90 Å². The van der Waals surface area contributed by atoms with E-state index in [2.05, 4.69) is 31.9 Å². The maximum absolute atomic E-state index is 13.8. The van der Waals surface area contributed by atoms with Crippen molar-refractivity contribution in [2.75, 3.05) is 4.90 Å². The van der Waals surface area contributed by atoms with Crippen LogP contribution in [0.5, 0.6) is 0 Å². The summed E-state index contributed by atoms with van der Waals surface area (Å²) in [6.07, 6.45) is 0. The van der Waals surface area contributed by atoms with E-state index in [1.807, 2.05) is 48.5 Å².